The first-order chi connectivity index (χ1) is 9.56. The van der Waals surface area contributed by atoms with Crippen LogP contribution in [0.15, 0.2) is 18.2 Å². The van der Waals surface area contributed by atoms with Crippen molar-refractivity contribution < 1.29 is 14.7 Å². The zero-order valence-corrected chi connectivity index (χ0v) is 13.9. The van der Waals surface area contributed by atoms with E-state index in [1.54, 1.807) is 13.8 Å². The Bertz CT molecular complexity index is 539. The van der Waals surface area contributed by atoms with Crippen molar-refractivity contribution in [3.8, 4) is 0 Å². The number of Topliss-reactive ketones (excluding diaryl/α,β-unsaturated/α-hetero) is 1. The van der Waals surface area contributed by atoms with Crippen molar-refractivity contribution in [2.75, 3.05) is 0 Å². The van der Waals surface area contributed by atoms with Gasteiger partial charge in [0.15, 0.2) is 5.78 Å². The standard InChI is InChI=1S/C18H26O3/c1-11(2)13-7-8-14(15(9-13)12(3)4)16(19)10-18(5,6)17(20)21/h7-9,11-12H,10H2,1-6H3,(H,20,21). The lowest BCUT2D eigenvalue weighted by atomic mass is 9.82. The third-order valence-electron chi connectivity index (χ3n) is 3.85. The molecule has 0 atom stereocenters. The molecular formula is C18H26O3. The van der Waals surface area contributed by atoms with Crippen molar-refractivity contribution in [1.29, 1.82) is 0 Å². The van der Waals surface area contributed by atoms with E-state index in [0.717, 1.165) is 5.56 Å². The summed E-state index contributed by atoms with van der Waals surface area (Å²) in [5, 5.41) is 9.18. The van der Waals surface area contributed by atoms with Crippen molar-refractivity contribution >= 4 is 11.8 Å². The van der Waals surface area contributed by atoms with Crippen molar-refractivity contribution in [3.05, 3.63) is 34.9 Å². The van der Waals surface area contributed by atoms with Gasteiger partial charge in [-0.3, -0.25) is 9.59 Å². The van der Waals surface area contributed by atoms with Crippen LogP contribution in [0, 0.1) is 5.41 Å². The van der Waals surface area contributed by atoms with Crippen LogP contribution in [0.2, 0.25) is 0 Å². The van der Waals surface area contributed by atoms with Gasteiger partial charge in [-0.25, -0.2) is 0 Å². The highest BCUT2D eigenvalue weighted by Crippen LogP contribution is 2.29. The van der Waals surface area contributed by atoms with Crippen LogP contribution in [0.25, 0.3) is 0 Å². The van der Waals surface area contributed by atoms with Gasteiger partial charge in [0.05, 0.1) is 5.41 Å². The number of carbonyl (C=O) groups is 2. The Hall–Kier alpha value is -1.64. The number of benzene rings is 1. The molecule has 1 N–H and O–H groups in total. The fourth-order valence-corrected chi connectivity index (χ4v) is 2.24. The van der Waals surface area contributed by atoms with Crippen molar-refractivity contribution in [3.63, 3.8) is 0 Å². The molecule has 0 radical (unpaired) electrons. The van der Waals surface area contributed by atoms with E-state index in [1.807, 2.05) is 12.1 Å². The van der Waals surface area contributed by atoms with Gasteiger partial charge < -0.3 is 5.11 Å². The monoisotopic (exact) mass is 290 g/mol. The minimum absolute atomic E-state index is 0.0169. The average Bonchev–Trinajstić information content (AvgIpc) is 2.36. The van der Waals surface area contributed by atoms with E-state index in [-0.39, 0.29) is 18.1 Å². The first-order valence-electron chi connectivity index (χ1n) is 7.46. The number of aliphatic carboxylic acids is 1. The molecule has 1 rings (SSSR count). The highest BCUT2D eigenvalue weighted by molar-refractivity contribution is 6.00. The van der Waals surface area contributed by atoms with Crippen LogP contribution >= 0.6 is 0 Å². The second-order valence-electron chi connectivity index (χ2n) is 6.95. The van der Waals surface area contributed by atoms with Crippen LogP contribution in [0.1, 0.15) is 81.3 Å². The summed E-state index contributed by atoms with van der Waals surface area (Å²) in [7, 11) is 0. The number of rotatable bonds is 6. The molecule has 1 aromatic rings. The molecule has 0 aliphatic rings. The van der Waals surface area contributed by atoms with Crippen molar-refractivity contribution in [2.24, 2.45) is 5.41 Å². The SMILES string of the molecule is CC(C)c1ccc(C(=O)CC(C)(C)C(=O)O)c(C(C)C)c1. The minimum atomic E-state index is -1.04. The predicted octanol–water partition coefficient (Wildman–Crippen LogP) is 4.62. The smallest absolute Gasteiger partial charge is 0.309 e. The molecule has 21 heavy (non-hydrogen) atoms. The number of carboxylic acid groups (broad SMARTS) is 1. The van der Waals surface area contributed by atoms with Crippen molar-refractivity contribution in [1.82, 2.24) is 0 Å². The third-order valence-corrected chi connectivity index (χ3v) is 3.85. The van der Waals surface area contributed by atoms with Gasteiger partial charge in [-0.2, -0.15) is 0 Å². The second-order valence-corrected chi connectivity index (χ2v) is 6.95. The van der Waals surface area contributed by atoms with Gasteiger partial charge in [-0.05, 0) is 36.8 Å². The molecule has 0 spiro atoms. The van der Waals surface area contributed by atoms with Crippen LogP contribution < -0.4 is 0 Å². The average molecular weight is 290 g/mol. The molecule has 0 aromatic heterocycles. The maximum atomic E-state index is 12.5. The predicted molar refractivity (Wildman–Crippen MR) is 85.0 cm³/mol. The van der Waals surface area contributed by atoms with Gasteiger partial charge in [0.2, 0.25) is 0 Å². The molecule has 3 heteroatoms. The zero-order valence-electron chi connectivity index (χ0n) is 13.9. The van der Waals surface area contributed by atoms with Gasteiger partial charge in [-0.15, -0.1) is 0 Å². The normalized spacial score (nSPS) is 12.0. The van der Waals surface area contributed by atoms with Crippen LogP contribution in [-0.4, -0.2) is 16.9 Å². The fraction of sp³-hybridized carbons (Fsp3) is 0.556. The topological polar surface area (TPSA) is 54.4 Å². The van der Waals surface area contributed by atoms with E-state index in [9.17, 15) is 14.7 Å². The molecular weight excluding hydrogens is 264 g/mol. The van der Waals surface area contributed by atoms with Gasteiger partial charge >= 0.3 is 5.97 Å². The van der Waals surface area contributed by atoms with E-state index < -0.39 is 11.4 Å². The van der Waals surface area contributed by atoms with Gasteiger partial charge in [0.25, 0.3) is 0 Å². The number of ketones is 1. The Morgan fingerprint density at radius 1 is 1.10 bits per heavy atom. The molecule has 0 fully saturated rings. The minimum Gasteiger partial charge on any atom is -0.481 e. The van der Waals surface area contributed by atoms with E-state index >= 15 is 0 Å². The van der Waals surface area contributed by atoms with Gasteiger partial charge in [-0.1, -0.05) is 45.9 Å². The fourth-order valence-electron chi connectivity index (χ4n) is 2.24. The highest BCUT2D eigenvalue weighted by Gasteiger charge is 2.31. The summed E-state index contributed by atoms with van der Waals surface area (Å²) in [6.07, 6.45) is 0.0169. The molecule has 1 aromatic carbocycles. The van der Waals surface area contributed by atoms with E-state index in [4.69, 9.17) is 0 Å². The lowest BCUT2D eigenvalue weighted by Gasteiger charge is -2.20. The summed E-state index contributed by atoms with van der Waals surface area (Å²) < 4.78 is 0. The summed E-state index contributed by atoms with van der Waals surface area (Å²) in [5.74, 6) is -0.403. The molecule has 0 heterocycles. The number of hydrogen-bond donors (Lipinski definition) is 1. The number of hydrogen-bond acceptors (Lipinski definition) is 2. The molecule has 3 nitrogen and oxygen atoms in total. The Kier molecular flexibility index (Phi) is 5.32. The number of carboxylic acids is 1. The van der Waals surface area contributed by atoms with Crippen LogP contribution in [0.5, 0.6) is 0 Å². The van der Waals surface area contributed by atoms with E-state index in [2.05, 4.69) is 33.8 Å². The molecule has 0 aliphatic carbocycles. The maximum absolute atomic E-state index is 12.5. The van der Waals surface area contributed by atoms with Gasteiger partial charge in [0.1, 0.15) is 0 Å². The first kappa shape index (κ1) is 17.4. The van der Waals surface area contributed by atoms with Crippen LogP contribution in [-0.2, 0) is 4.79 Å². The lowest BCUT2D eigenvalue weighted by molar-refractivity contribution is -0.146. The quantitative estimate of drug-likeness (QED) is 0.778. The van der Waals surface area contributed by atoms with Crippen molar-refractivity contribution in [2.45, 2.75) is 59.8 Å². The van der Waals surface area contributed by atoms with Gasteiger partial charge in [0, 0.05) is 12.0 Å². The first-order valence-corrected chi connectivity index (χ1v) is 7.46. The second kappa shape index (κ2) is 6.42. The Labute approximate surface area is 127 Å². The van der Waals surface area contributed by atoms with Crippen LogP contribution in [0.4, 0.5) is 0 Å². The summed E-state index contributed by atoms with van der Waals surface area (Å²) in [5.41, 5.74) is 1.83. The Balaban J connectivity index is 3.18. The molecule has 0 saturated heterocycles. The molecule has 0 saturated carbocycles. The summed E-state index contributed by atoms with van der Waals surface area (Å²) in [6.45, 7) is 11.5. The number of carbonyl (C=O) groups excluding carboxylic acids is 1. The largest absolute Gasteiger partial charge is 0.481 e. The van der Waals surface area contributed by atoms with Crippen LogP contribution in [0.3, 0.4) is 0 Å². The molecule has 0 amide bonds. The summed E-state index contributed by atoms with van der Waals surface area (Å²) >= 11 is 0. The summed E-state index contributed by atoms with van der Waals surface area (Å²) in [6, 6.07) is 5.90. The zero-order chi connectivity index (χ0) is 16.4. The highest BCUT2D eigenvalue weighted by atomic mass is 16.4. The third kappa shape index (κ3) is 4.16. The maximum Gasteiger partial charge on any atom is 0.309 e. The van der Waals surface area contributed by atoms with E-state index in [0.29, 0.717) is 11.5 Å². The molecule has 116 valence electrons. The lowest BCUT2D eigenvalue weighted by Crippen LogP contribution is -2.27. The molecule has 0 aliphatic heterocycles. The molecule has 0 unspecified atom stereocenters. The van der Waals surface area contributed by atoms with E-state index in [1.165, 1.54) is 5.56 Å². The summed E-state index contributed by atoms with van der Waals surface area (Å²) in [4.78, 5) is 23.7. The Morgan fingerprint density at radius 2 is 1.67 bits per heavy atom. The Morgan fingerprint density at radius 3 is 2.10 bits per heavy atom. The molecule has 0 bridgehead atoms.